The summed E-state index contributed by atoms with van der Waals surface area (Å²) >= 11 is 1.48. The van der Waals surface area contributed by atoms with Crippen molar-refractivity contribution in [3.05, 3.63) is 22.1 Å². The van der Waals surface area contributed by atoms with Gasteiger partial charge in [-0.25, -0.2) is 4.98 Å². The van der Waals surface area contributed by atoms with Gasteiger partial charge in [0.2, 0.25) is 5.91 Å². The summed E-state index contributed by atoms with van der Waals surface area (Å²) in [5.41, 5.74) is 0.404. The first kappa shape index (κ1) is 18.5. The van der Waals surface area contributed by atoms with Crippen LogP contribution in [0.5, 0.6) is 0 Å². The Labute approximate surface area is 145 Å². The van der Waals surface area contributed by atoms with Crippen molar-refractivity contribution < 1.29 is 14.3 Å². The van der Waals surface area contributed by atoms with Gasteiger partial charge in [-0.15, -0.1) is 0 Å². The summed E-state index contributed by atoms with van der Waals surface area (Å²) in [5.74, 6) is -0.142. The van der Waals surface area contributed by atoms with Crippen molar-refractivity contribution in [3.63, 3.8) is 0 Å². The molecule has 1 N–H and O–H groups in total. The molecule has 1 aromatic heterocycles. The van der Waals surface area contributed by atoms with Crippen LogP contribution in [0.3, 0.4) is 0 Å². The Balaban J connectivity index is 2.06. The van der Waals surface area contributed by atoms with Crippen molar-refractivity contribution in [2.24, 2.45) is 0 Å². The molecular formula is C16H23N3O4S. The summed E-state index contributed by atoms with van der Waals surface area (Å²) in [5, 5.41) is 3.17. The number of thioether (sulfide) groups is 1. The lowest BCUT2D eigenvalue weighted by Crippen LogP contribution is -2.34. The standard InChI is InChI=1S/C16H23N3O4S/c1-5-23-14(22)8-17-12(20)6-10-9-24-15-18-11(16(2,3)4)7-13(21)19(10)15/h7,10H,5-6,8-9H2,1-4H3,(H,17,20). The summed E-state index contributed by atoms with van der Waals surface area (Å²) in [6.45, 7) is 7.84. The Morgan fingerprint density at radius 1 is 1.46 bits per heavy atom. The van der Waals surface area contributed by atoms with Crippen LogP contribution in [0.1, 0.15) is 45.9 Å². The number of carbonyl (C=O) groups is 2. The fourth-order valence-corrected chi connectivity index (χ4v) is 3.51. The SMILES string of the molecule is CCOC(=O)CNC(=O)CC1CSc2nc(C(C)(C)C)cc(=O)n21. The summed E-state index contributed by atoms with van der Waals surface area (Å²) in [6.07, 6.45) is 0.135. The van der Waals surface area contributed by atoms with Gasteiger partial charge in [0, 0.05) is 23.7 Å². The lowest BCUT2D eigenvalue weighted by molar-refractivity contribution is -0.143. The Kier molecular flexibility index (Phi) is 5.69. The smallest absolute Gasteiger partial charge is 0.325 e. The topological polar surface area (TPSA) is 90.3 Å². The van der Waals surface area contributed by atoms with E-state index in [0.717, 1.165) is 5.69 Å². The molecule has 1 aliphatic heterocycles. The quantitative estimate of drug-likeness (QED) is 0.633. The number of nitrogens with zero attached hydrogens (tertiary/aromatic N) is 2. The number of hydrogen-bond donors (Lipinski definition) is 1. The van der Waals surface area contributed by atoms with E-state index < -0.39 is 5.97 Å². The highest BCUT2D eigenvalue weighted by molar-refractivity contribution is 7.99. The number of amides is 1. The van der Waals surface area contributed by atoms with E-state index in [2.05, 4.69) is 10.3 Å². The Bertz CT molecular complexity index is 694. The van der Waals surface area contributed by atoms with Gasteiger partial charge in [-0.1, -0.05) is 32.5 Å². The number of rotatable bonds is 5. The van der Waals surface area contributed by atoms with Gasteiger partial charge in [0.25, 0.3) is 5.56 Å². The normalized spacial score (nSPS) is 16.6. The van der Waals surface area contributed by atoms with Crippen molar-refractivity contribution in [3.8, 4) is 0 Å². The van der Waals surface area contributed by atoms with Crippen LogP contribution >= 0.6 is 11.8 Å². The van der Waals surface area contributed by atoms with Crippen LogP contribution < -0.4 is 10.9 Å². The maximum absolute atomic E-state index is 12.4. The van der Waals surface area contributed by atoms with E-state index in [0.29, 0.717) is 10.9 Å². The first-order valence-corrected chi connectivity index (χ1v) is 8.90. The second-order valence-corrected chi connectivity index (χ2v) is 7.62. The zero-order chi connectivity index (χ0) is 17.9. The monoisotopic (exact) mass is 353 g/mol. The van der Waals surface area contributed by atoms with Crippen molar-refractivity contribution >= 4 is 23.6 Å². The first-order valence-electron chi connectivity index (χ1n) is 7.91. The van der Waals surface area contributed by atoms with Gasteiger partial charge in [-0.05, 0) is 6.92 Å². The highest BCUT2D eigenvalue weighted by atomic mass is 32.2. The van der Waals surface area contributed by atoms with E-state index in [9.17, 15) is 14.4 Å². The number of aromatic nitrogens is 2. The summed E-state index contributed by atoms with van der Waals surface area (Å²) in [4.78, 5) is 40.2. The molecule has 8 heteroatoms. The summed E-state index contributed by atoms with van der Waals surface area (Å²) < 4.78 is 6.33. The molecule has 1 amide bonds. The molecule has 1 aromatic rings. The molecule has 0 fully saturated rings. The minimum atomic E-state index is -0.472. The number of ether oxygens (including phenoxy) is 1. The van der Waals surface area contributed by atoms with Crippen LogP contribution in [0.4, 0.5) is 0 Å². The summed E-state index contributed by atoms with van der Waals surface area (Å²) in [7, 11) is 0. The highest BCUT2D eigenvalue weighted by Gasteiger charge is 2.29. The van der Waals surface area contributed by atoms with Crippen molar-refractivity contribution in [2.75, 3.05) is 18.9 Å². The van der Waals surface area contributed by atoms with Gasteiger partial charge in [0.15, 0.2) is 5.16 Å². The summed E-state index contributed by atoms with van der Waals surface area (Å²) in [6, 6.07) is 1.29. The molecule has 7 nitrogen and oxygen atoms in total. The molecule has 0 aliphatic carbocycles. The largest absolute Gasteiger partial charge is 0.465 e. The maximum Gasteiger partial charge on any atom is 0.325 e. The van der Waals surface area contributed by atoms with E-state index in [1.807, 2.05) is 20.8 Å². The van der Waals surface area contributed by atoms with E-state index in [1.54, 1.807) is 17.6 Å². The molecule has 132 valence electrons. The number of hydrogen-bond acceptors (Lipinski definition) is 6. The molecular weight excluding hydrogens is 330 g/mol. The van der Waals surface area contributed by atoms with Crippen LogP contribution in [-0.2, 0) is 19.7 Å². The maximum atomic E-state index is 12.4. The van der Waals surface area contributed by atoms with E-state index >= 15 is 0 Å². The molecule has 2 heterocycles. The molecule has 1 aliphatic rings. The third-order valence-electron chi connectivity index (χ3n) is 3.61. The molecule has 1 unspecified atom stereocenters. The van der Waals surface area contributed by atoms with Crippen molar-refractivity contribution in [2.45, 2.75) is 50.7 Å². The second kappa shape index (κ2) is 7.38. The lowest BCUT2D eigenvalue weighted by Gasteiger charge is -2.19. The molecule has 24 heavy (non-hydrogen) atoms. The molecule has 0 aromatic carbocycles. The fourth-order valence-electron chi connectivity index (χ4n) is 2.36. The predicted octanol–water partition coefficient (Wildman–Crippen LogP) is 1.26. The molecule has 2 rings (SSSR count). The Hall–Kier alpha value is -1.83. The van der Waals surface area contributed by atoms with Gasteiger partial charge in [0.1, 0.15) is 6.54 Å². The van der Waals surface area contributed by atoms with Crippen LogP contribution in [0.2, 0.25) is 0 Å². The van der Waals surface area contributed by atoms with E-state index in [-0.39, 0.29) is 42.5 Å². The zero-order valence-electron chi connectivity index (χ0n) is 14.4. The Morgan fingerprint density at radius 3 is 2.79 bits per heavy atom. The van der Waals surface area contributed by atoms with Gasteiger partial charge < -0.3 is 10.1 Å². The predicted molar refractivity (Wildman–Crippen MR) is 91.2 cm³/mol. The molecule has 1 atom stereocenters. The third kappa shape index (κ3) is 4.37. The fraction of sp³-hybridized carbons (Fsp3) is 0.625. The number of esters is 1. The third-order valence-corrected chi connectivity index (χ3v) is 4.71. The van der Waals surface area contributed by atoms with Crippen LogP contribution in [-0.4, -0.2) is 40.3 Å². The molecule has 0 bridgehead atoms. The molecule has 0 saturated heterocycles. The zero-order valence-corrected chi connectivity index (χ0v) is 15.2. The van der Waals surface area contributed by atoms with Gasteiger partial charge >= 0.3 is 5.97 Å². The first-order chi connectivity index (χ1) is 11.2. The Morgan fingerprint density at radius 2 is 2.17 bits per heavy atom. The van der Waals surface area contributed by atoms with Crippen molar-refractivity contribution in [1.82, 2.24) is 14.9 Å². The van der Waals surface area contributed by atoms with Gasteiger partial charge in [-0.3, -0.25) is 19.0 Å². The highest BCUT2D eigenvalue weighted by Crippen LogP contribution is 2.33. The average molecular weight is 353 g/mol. The molecule has 0 saturated carbocycles. The number of fused-ring (bicyclic) bond motifs is 1. The number of nitrogens with one attached hydrogen (secondary N) is 1. The van der Waals surface area contributed by atoms with Gasteiger partial charge in [-0.2, -0.15) is 0 Å². The van der Waals surface area contributed by atoms with Crippen LogP contribution in [0.15, 0.2) is 16.0 Å². The molecule has 0 radical (unpaired) electrons. The number of carbonyl (C=O) groups excluding carboxylic acids is 2. The van der Waals surface area contributed by atoms with Crippen molar-refractivity contribution in [1.29, 1.82) is 0 Å². The van der Waals surface area contributed by atoms with E-state index in [4.69, 9.17) is 4.74 Å². The minimum Gasteiger partial charge on any atom is -0.465 e. The average Bonchev–Trinajstić information content (AvgIpc) is 2.88. The van der Waals surface area contributed by atoms with Crippen LogP contribution in [0, 0.1) is 0 Å². The van der Waals surface area contributed by atoms with Gasteiger partial charge in [0.05, 0.1) is 18.3 Å². The van der Waals surface area contributed by atoms with Crippen LogP contribution in [0.25, 0.3) is 0 Å². The molecule has 0 spiro atoms. The second-order valence-electron chi connectivity index (χ2n) is 6.63. The lowest BCUT2D eigenvalue weighted by atomic mass is 9.92. The minimum absolute atomic E-state index is 0.135. The van der Waals surface area contributed by atoms with E-state index in [1.165, 1.54) is 11.8 Å².